The smallest absolute Gasteiger partial charge is 0.399 e. The molecule has 8 aromatic carbocycles. The normalized spacial score (nSPS) is 25.2. The van der Waals surface area contributed by atoms with Gasteiger partial charge in [0.1, 0.15) is 0 Å². The SMILES string of the molecule is Brc1cccc(-c2nc(-c3ccccc3)nc(-c3ccccc3)n2)c1.CC1(C)OB(c2ccc(C34CC5CC(CC(C5)C3)C4)cc2)OC1(C)C.c1ccc(-c2nc(-c3ccccc3)nc(-c3cccc(-c4ccc(C56CC7CC(CC(C7)C5)C6)cc4)c3)n2)cc1. The van der Waals surface area contributed by atoms with Crippen LogP contribution in [-0.2, 0) is 20.1 Å². The predicted molar refractivity (Wildman–Crippen MR) is 367 cm³/mol. The van der Waals surface area contributed by atoms with Crippen LogP contribution >= 0.6 is 15.9 Å². The maximum Gasteiger partial charge on any atom is 0.494 e. The van der Waals surface area contributed by atoms with Crippen LogP contribution in [0.15, 0.2) is 223 Å². The molecular weight excluding hydrogens is 1170 g/mol. The van der Waals surface area contributed by atoms with Crippen molar-refractivity contribution in [1.82, 2.24) is 29.9 Å². The summed E-state index contributed by atoms with van der Waals surface area (Å²) in [6.07, 6.45) is 17.5. The molecule has 2 aromatic heterocycles. The highest BCUT2D eigenvalue weighted by atomic mass is 79.9. The molecule has 0 amide bonds. The number of halogens is 1. The Morgan fingerprint density at radius 1 is 0.311 bits per heavy atom. The molecule has 10 heteroatoms. The lowest BCUT2D eigenvalue weighted by atomic mass is 9.48. The molecule has 8 saturated carbocycles. The van der Waals surface area contributed by atoms with E-state index in [4.69, 9.17) is 34.2 Å². The van der Waals surface area contributed by atoms with Gasteiger partial charge >= 0.3 is 7.12 Å². The van der Waals surface area contributed by atoms with Gasteiger partial charge in [-0.2, -0.15) is 0 Å². The van der Waals surface area contributed by atoms with Gasteiger partial charge in [0.2, 0.25) is 0 Å². The molecule has 90 heavy (non-hydrogen) atoms. The molecule has 0 spiro atoms. The fourth-order valence-corrected chi connectivity index (χ4v) is 17.7. The minimum atomic E-state index is -0.268. The molecule has 0 radical (unpaired) electrons. The van der Waals surface area contributed by atoms with Crippen LogP contribution in [-0.4, -0.2) is 48.2 Å². The minimum absolute atomic E-state index is 0.240. The fourth-order valence-electron chi connectivity index (χ4n) is 17.3. The molecule has 0 N–H and O–H groups in total. The predicted octanol–water partition coefficient (Wildman–Crippen LogP) is 19.1. The van der Waals surface area contributed by atoms with E-state index in [1.165, 1.54) is 88.2 Å². The molecule has 8 bridgehead atoms. The summed E-state index contributed by atoms with van der Waals surface area (Å²) in [5, 5.41) is 0. The lowest BCUT2D eigenvalue weighted by Gasteiger charge is -2.57. The third-order valence-corrected chi connectivity index (χ3v) is 22.1. The third-order valence-electron chi connectivity index (χ3n) is 21.6. The topological polar surface area (TPSA) is 95.8 Å². The molecule has 3 heterocycles. The summed E-state index contributed by atoms with van der Waals surface area (Å²) in [6.45, 7) is 8.49. The van der Waals surface area contributed by atoms with Crippen molar-refractivity contribution in [2.75, 3.05) is 0 Å². The van der Waals surface area contributed by atoms with Crippen LogP contribution in [0.2, 0.25) is 0 Å². The molecular formula is C80H78BBrN6O2. The van der Waals surface area contributed by atoms with E-state index in [9.17, 15) is 0 Å². The molecule has 8 nitrogen and oxygen atoms in total. The van der Waals surface area contributed by atoms with Gasteiger partial charge in [-0.05, 0) is 197 Å². The van der Waals surface area contributed by atoms with E-state index in [2.05, 4.69) is 146 Å². The standard InChI is InChI=1S/C37H33N3.C22H31BO2.C21H14BrN3/c1-3-8-29(9-4-1)34-38-35(30-10-5-2-6-11-30)40-36(39-34)32-13-7-12-31(21-32)28-14-16-33(17-15-28)37-22-25-18-26(23-37)20-27(19-25)24-37;1-20(2)21(3,4)25-23(24-20)19-7-5-18(6-8-19)22-12-15-9-16(13-22)11-17(10-15)14-22;22-18-13-7-12-17(14-18)21-24-19(15-8-3-1-4-9-15)23-20(25-21)16-10-5-2-6-11-16/h1-17,21,25-27H,18-20,22-24H2;5-8,15-17H,9-14H2,1-4H3;1-14H. The maximum absolute atomic E-state index is 6.22. The summed E-state index contributed by atoms with van der Waals surface area (Å²) in [5.74, 6) is 9.95. The van der Waals surface area contributed by atoms with Crippen molar-refractivity contribution in [1.29, 1.82) is 0 Å². The molecule has 19 rings (SSSR count). The van der Waals surface area contributed by atoms with Crippen molar-refractivity contribution >= 4 is 28.5 Å². The number of nitrogens with zero attached hydrogens (tertiary/aromatic N) is 6. The van der Waals surface area contributed by atoms with Gasteiger partial charge in [-0.15, -0.1) is 0 Å². The van der Waals surface area contributed by atoms with Gasteiger partial charge in [0.05, 0.1) is 11.2 Å². The first-order chi connectivity index (χ1) is 43.8. The Kier molecular flexibility index (Phi) is 15.7. The Morgan fingerprint density at radius 2 is 0.600 bits per heavy atom. The molecule has 10 aromatic rings. The highest BCUT2D eigenvalue weighted by Crippen LogP contribution is 2.62. The van der Waals surface area contributed by atoms with Crippen LogP contribution in [0, 0.1) is 35.5 Å². The summed E-state index contributed by atoms with van der Waals surface area (Å²) in [7, 11) is -0.240. The van der Waals surface area contributed by atoms with Crippen LogP contribution in [0.4, 0.5) is 0 Å². The molecule has 450 valence electrons. The third kappa shape index (κ3) is 12.0. The first-order valence-corrected chi connectivity index (χ1v) is 33.7. The summed E-state index contributed by atoms with van der Waals surface area (Å²) in [4.78, 5) is 28.8. The highest BCUT2D eigenvalue weighted by Gasteiger charge is 2.54. The van der Waals surface area contributed by atoms with E-state index in [0.29, 0.717) is 45.8 Å². The number of hydrogen-bond acceptors (Lipinski definition) is 8. The number of benzene rings is 8. The molecule has 9 aliphatic rings. The average molecular weight is 1250 g/mol. The number of hydrogen-bond donors (Lipinski definition) is 0. The zero-order valence-corrected chi connectivity index (χ0v) is 53.8. The van der Waals surface area contributed by atoms with E-state index < -0.39 is 0 Å². The van der Waals surface area contributed by atoms with E-state index in [0.717, 1.165) is 78.8 Å². The van der Waals surface area contributed by atoms with Crippen LogP contribution in [0.5, 0.6) is 0 Å². The van der Waals surface area contributed by atoms with Crippen molar-refractivity contribution in [3.8, 4) is 79.5 Å². The second kappa shape index (κ2) is 24.1. The Hall–Kier alpha value is -7.76. The summed E-state index contributed by atoms with van der Waals surface area (Å²) < 4.78 is 13.4. The van der Waals surface area contributed by atoms with Gasteiger partial charge < -0.3 is 9.31 Å². The molecule has 0 unspecified atom stereocenters. The second-order valence-corrected chi connectivity index (χ2v) is 29.3. The van der Waals surface area contributed by atoms with E-state index in [1.807, 2.05) is 121 Å². The first kappa shape index (κ1) is 58.6. The van der Waals surface area contributed by atoms with Crippen molar-refractivity contribution in [3.63, 3.8) is 0 Å². The van der Waals surface area contributed by atoms with Crippen molar-refractivity contribution in [3.05, 3.63) is 234 Å². The fraction of sp³-hybridized carbons (Fsp3) is 0.325. The summed E-state index contributed by atoms with van der Waals surface area (Å²) in [5.41, 5.74) is 13.0. The van der Waals surface area contributed by atoms with Crippen LogP contribution < -0.4 is 5.46 Å². The Balaban J connectivity index is 0.000000118. The molecule has 0 atom stereocenters. The van der Waals surface area contributed by atoms with Crippen LogP contribution in [0.25, 0.3) is 79.5 Å². The Bertz CT molecular complexity index is 3960. The zero-order valence-electron chi connectivity index (χ0n) is 52.2. The number of aromatic nitrogens is 6. The maximum atomic E-state index is 6.22. The Labute approximate surface area is 540 Å². The van der Waals surface area contributed by atoms with Gasteiger partial charge in [0.15, 0.2) is 34.9 Å². The quantitative estimate of drug-likeness (QED) is 0.125. The van der Waals surface area contributed by atoms with E-state index >= 15 is 0 Å². The van der Waals surface area contributed by atoms with E-state index in [1.54, 1.807) is 11.1 Å². The number of rotatable bonds is 10. The van der Waals surface area contributed by atoms with Gasteiger partial charge in [0, 0.05) is 37.9 Å². The minimum Gasteiger partial charge on any atom is -0.399 e. The average Bonchev–Trinajstić information content (AvgIpc) is 0.885. The van der Waals surface area contributed by atoms with Crippen LogP contribution in [0.1, 0.15) is 116 Å². The van der Waals surface area contributed by atoms with Crippen molar-refractivity contribution < 1.29 is 9.31 Å². The first-order valence-electron chi connectivity index (χ1n) is 32.9. The van der Waals surface area contributed by atoms with E-state index in [-0.39, 0.29) is 18.3 Å². The second-order valence-electron chi connectivity index (χ2n) is 28.4. The zero-order chi connectivity index (χ0) is 61.0. The lowest BCUT2D eigenvalue weighted by molar-refractivity contribution is -0.00530. The summed E-state index contributed by atoms with van der Waals surface area (Å²) >= 11 is 3.52. The monoisotopic (exact) mass is 1240 g/mol. The van der Waals surface area contributed by atoms with Crippen molar-refractivity contribution in [2.24, 2.45) is 35.5 Å². The molecule has 1 saturated heterocycles. The van der Waals surface area contributed by atoms with Gasteiger partial charge in [-0.25, -0.2) is 29.9 Å². The largest absolute Gasteiger partial charge is 0.494 e. The van der Waals surface area contributed by atoms with Crippen LogP contribution in [0.3, 0.4) is 0 Å². The Morgan fingerprint density at radius 3 is 0.944 bits per heavy atom. The van der Waals surface area contributed by atoms with Gasteiger partial charge in [-0.1, -0.05) is 216 Å². The molecule has 1 aliphatic heterocycles. The molecule has 9 fully saturated rings. The van der Waals surface area contributed by atoms with Gasteiger partial charge in [-0.3, -0.25) is 0 Å². The van der Waals surface area contributed by atoms with Crippen molar-refractivity contribution in [2.45, 2.75) is 127 Å². The van der Waals surface area contributed by atoms with Gasteiger partial charge in [0.25, 0.3) is 0 Å². The highest BCUT2D eigenvalue weighted by molar-refractivity contribution is 9.10. The lowest BCUT2D eigenvalue weighted by Crippen LogP contribution is -2.48. The summed E-state index contributed by atoms with van der Waals surface area (Å²) in [6, 6.07) is 75.7. The molecule has 8 aliphatic carbocycles.